The molecule has 2 atom stereocenters. The first kappa shape index (κ1) is 12.0. The molecule has 0 aromatic rings. The van der Waals surface area contributed by atoms with Gasteiger partial charge in [0.15, 0.2) is 6.54 Å². The highest BCUT2D eigenvalue weighted by Gasteiger charge is 2.37. The van der Waals surface area contributed by atoms with Crippen LogP contribution < -0.4 is 5.73 Å². The smallest absolute Gasteiger partial charge is 0.335 e. The van der Waals surface area contributed by atoms with E-state index in [4.69, 9.17) is 5.73 Å². The van der Waals surface area contributed by atoms with Crippen molar-refractivity contribution in [2.45, 2.75) is 45.6 Å². The van der Waals surface area contributed by atoms with Crippen molar-refractivity contribution < 1.29 is 14.5 Å². The number of carbonyl (C=O) groups excluding carboxylic acids is 1. The molecule has 0 spiro atoms. The Hall–Kier alpha value is -1.06. The first-order valence-corrected chi connectivity index (χ1v) is 5.70. The molecule has 0 aromatic carbocycles. The largest absolute Gasteiger partial charge is 0.463 e. The number of nitrogens with two attached hydrogens (primary N) is 1. The van der Waals surface area contributed by atoms with Gasteiger partial charge in [-0.1, -0.05) is 20.3 Å². The Kier molecular flexibility index (Phi) is 4.12. The Balaban J connectivity index is 2.69. The molecule has 1 aliphatic rings. The summed E-state index contributed by atoms with van der Waals surface area (Å²) in [6.45, 7) is 4.81. The van der Waals surface area contributed by atoms with Gasteiger partial charge in [0.1, 0.15) is 0 Å². The molecule has 1 amide bonds. The number of hydrogen-bond acceptors (Lipinski definition) is 1. The topological polar surface area (TPSA) is 66.3 Å². The predicted molar refractivity (Wildman–Crippen MR) is 59.1 cm³/mol. The van der Waals surface area contributed by atoms with Crippen molar-refractivity contribution in [3.8, 4) is 0 Å². The summed E-state index contributed by atoms with van der Waals surface area (Å²) in [6, 6.07) is -0.341. The van der Waals surface area contributed by atoms with Gasteiger partial charge in [-0.2, -0.15) is 4.58 Å². The van der Waals surface area contributed by atoms with Crippen LogP contribution in [0, 0.1) is 5.92 Å². The van der Waals surface area contributed by atoms with Gasteiger partial charge < -0.3 is 10.8 Å². The molecule has 0 aliphatic carbocycles. The zero-order valence-corrected chi connectivity index (χ0v) is 9.57. The van der Waals surface area contributed by atoms with Crippen molar-refractivity contribution in [3.63, 3.8) is 0 Å². The number of aliphatic hydroxyl groups is 1. The SMILES string of the molecule is CCC[C@@H]1CC(O)=[N+]([C@@H](CC)C(N)=O)C1. The summed E-state index contributed by atoms with van der Waals surface area (Å²) >= 11 is 0. The maximum absolute atomic E-state index is 11.2. The van der Waals surface area contributed by atoms with Gasteiger partial charge in [-0.05, 0) is 6.42 Å². The van der Waals surface area contributed by atoms with Gasteiger partial charge in [0.05, 0.1) is 6.42 Å². The van der Waals surface area contributed by atoms with Crippen LogP contribution in [-0.4, -0.2) is 34.1 Å². The second-order valence-corrected chi connectivity index (χ2v) is 4.25. The third kappa shape index (κ3) is 2.70. The molecule has 0 saturated heterocycles. The van der Waals surface area contributed by atoms with Crippen molar-refractivity contribution in [2.75, 3.05) is 6.54 Å². The lowest BCUT2D eigenvalue weighted by molar-refractivity contribution is -0.556. The quantitative estimate of drug-likeness (QED) is 0.670. The molecule has 0 bridgehead atoms. The van der Waals surface area contributed by atoms with Crippen molar-refractivity contribution in [3.05, 3.63) is 0 Å². The Labute approximate surface area is 90.8 Å². The molecular formula is C11H21N2O2+. The molecule has 15 heavy (non-hydrogen) atoms. The van der Waals surface area contributed by atoms with Gasteiger partial charge in [-0.3, -0.25) is 4.79 Å². The standard InChI is InChI=1S/C11H20N2O2/c1-3-5-8-6-10(14)13(7-8)9(4-2)11(12)15/h8-9H,3-7H2,1-2H3,(H2,12,15)/p+1/t8-,9+/m1/s1. The monoisotopic (exact) mass is 213 g/mol. The van der Waals surface area contributed by atoms with Gasteiger partial charge in [-0.15, -0.1) is 0 Å². The van der Waals surface area contributed by atoms with E-state index in [9.17, 15) is 9.90 Å². The number of rotatable bonds is 5. The summed E-state index contributed by atoms with van der Waals surface area (Å²) in [4.78, 5) is 11.2. The average molecular weight is 213 g/mol. The van der Waals surface area contributed by atoms with Crippen molar-refractivity contribution in [2.24, 2.45) is 11.7 Å². The lowest BCUT2D eigenvalue weighted by Gasteiger charge is -2.09. The van der Waals surface area contributed by atoms with E-state index in [1.165, 1.54) is 0 Å². The predicted octanol–water partition coefficient (Wildman–Crippen LogP) is 1.04. The molecule has 0 unspecified atom stereocenters. The highest BCUT2D eigenvalue weighted by molar-refractivity contribution is 5.80. The van der Waals surface area contributed by atoms with Gasteiger partial charge in [0.2, 0.25) is 6.04 Å². The highest BCUT2D eigenvalue weighted by Crippen LogP contribution is 2.20. The Morgan fingerprint density at radius 3 is 2.80 bits per heavy atom. The maximum Gasteiger partial charge on any atom is 0.335 e. The number of aliphatic hydroxyl groups excluding tert-OH is 1. The van der Waals surface area contributed by atoms with Crippen LogP contribution in [0.1, 0.15) is 39.5 Å². The van der Waals surface area contributed by atoms with Crippen LogP contribution in [0.4, 0.5) is 0 Å². The molecule has 0 saturated carbocycles. The minimum atomic E-state index is -0.346. The number of nitrogens with zero attached hydrogens (tertiary/aromatic N) is 1. The highest BCUT2D eigenvalue weighted by atomic mass is 16.3. The molecular weight excluding hydrogens is 192 g/mol. The van der Waals surface area contributed by atoms with E-state index in [0.717, 1.165) is 19.4 Å². The summed E-state index contributed by atoms with van der Waals surface area (Å²) in [7, 11) is 0. The normalized spacial score (nSPS) is 23.2. The lowest BCUT2D eigenvalue weighted by atomic mass is 10.0. The van der Waals surface area contributed by atoms with Crippen LogP contribution in [-0.2, 0) is 4.79 Å². The van der Waals surface area contributed by atoms with E-state index in [2.05, 4.69) is 6.92 Å². The average Bonchev–Trinajstić information content (AvgIpc) is 2.49. The summed E-state index contributed by atoms with van der Waals surface area (Å²) in [5.41, 5.74) is 5.30. The summed E-state index contributed by atoms with van der Waals surface area (Å²) in [5, 5.41) is 9.77. The molecule has 4 heteroatoms. The Bertz CT molecular complexity index is 274. The second kappa shape index (κ2) is 5.14. The molecule has 0 aromatic heterocycles. The van der Waals surface area contributed by atoms with Gasteiger partial charge in [-0.25, -0.2) is 0 Å². The van der Waals surface area contributed by atoms with E-state index < -0.39 is 0 Å². The van der Waals surface area contributed by atoms with Crippen molar-refractivity contribution in [1.29, 1.82) is 0 Å². The van der Waals surface area contributed by atoms with Crippen LogP contribution >= 0.6 is 0 Å². The molecule has 1 aliphatic heterocycles. The molecule has 1 rings (SSSR count). The van der Waals surface area contributed by atoms with Gasteiger partial charge in [0.25, 0.3) is 5.91 Å². The van der Waals surface area contributed by atoms with Crippen molar-refractivity contribution >= 4 is 11.8 Å². The minimum absolute atomic E-state index is 0.333. The van der Waals surface area contributed by atoms with E-state index >= 15 is 0 Å². The van der Waals surface area contributed by atoms with Crippen LogP contribution in [0.15, 0.2) is 0 Å². The zero-order chi connectivity index (χ0) is 11.4. The Morgan fingerprint density at radius 2 is 2.33 bits per heavy atom. The van der Waals surface area contributed by atoms with Gasteiger partial charge in [0, 0.05) is 12.3 Å². The van der Waals surface area contributed by atoms with Crippen molar-refractivity contribution in [1.82, 2.24) is 0 Å². The molecule has 1 heterocycles. The molecule has 3 N–H and O–H groups in total. The van der Waals surface area contributed by atoms with Crippen LogP contribution in [0.2, 0.25) is 0 Å². The molecule has 4 nitrogen and oxygen atoms in total. The fraction of sp³-hybridized carbons (Fsp3) is 0.818. The zero-order valence-electron chi connectivity index (χ0n) is 9.57. The summed E-state index contributed by atoms with van der Waals surface area (Å²) < 4.78 is 1.77. The molecule has 86 valence electrons. The maximum atomic E-state index is 11.2. The number of carbonyl (C=O) groups is 1. The lowest BCUT2D eigenvalue weighted by Crippen LogP contribution is -2.40. The molecule has 0 radical (unpaired) electrons. The van der Waals surface area contributed by atoms with E-state index in [0.29, 0.717) is 24.7 Å². The first-order chi connectivity index (χ1) is 7.10. The minimum Gasteiger partial charge on any atom is -0.463 e. The first-order valence-electron chi connectivity index (χ1n) is 5.70. The third-order valence-corrected chi connectivity index (χ3v) is 3.05. The number of hydrogen-bond donors (Lipinski definition) is 2. The van der Waals surface area contributed by atoms with E-state index in [1.54, 1.807) is 4.58 Å². The third-order valence-electron chi connectivity index (χ3n) is 3.05. The fourth-order valence-electron chi connectivity index (χ4n) is 2.31. The van der Waals surface area contributed by atoms with Gasteiger partial charge >= 0.3 is 5.90 Å². The van der Waals surface area contributed by atoms with E-state index in [-0.39, 0.29) is 11.9 Å². The van der Waals surface area contributed by atoms with Crippen LogP contribution in [0.5, 0.6) is 0 Å². The fourth-order valence-corrected chi connectivity index (χ4v) is 2.31. The molecule has 0 fully saturated rings. The number of primary amides is 1. The van der Waals surface area contributed by atoms with E-state index in [1.807, 2.05) is 6.92 Å². The second-order valence-electron chi connectivity index (χ2n) is 4.25. The van der Waals surface area contributed by atoms with Crippen LogP contribution in [0.25, 0.3) is 0 Å². The summed E-state index contributed by atoms with van der Waals surface area (Å²) in [5.74, 6) is 0.462. The van der Waals surface area contributed by atoms with Crippen LogP contribution in [0.3, 0.4) is 0 Å². The summed E-state index contributed by atoms with van der Waals surface area (Å²) in [6.07, 6.45) is 3.55. The Morgan fingerprint density at radius 1 is 1.67 bits per heavy atom. The number of amides is 1.